The van der Waals surface area contributed by atoms with Crippen molar-refractivity contribution in [3.05, 3.63) is 0 Å². The summed E-state index contributed by atoms with van der Waals surface area (Å²) in [5.41, 5.74) is -0.407. The lowest BCUT2D eigenvalue weighted by Crippen LogP contribution is -2.56. The van der Waals surface area contributed by atoms with Gasteiger partial charge in [-0.3, -0.25) is 0 Å². The number of hydrogen-bond donors (Lipinski definition) is 1. The van der Waals surface area contributed by atoms with Crippen LogP contribution in [0.3, 0.4) is 0 Å². The summed E-state index contributed by atoms with van der Waals surface area (Å²) in [5, 5.41) is 10.3. The maximum Gasteiger partial charge on any atom is 0.107 e. The minimum Gasteiger partial charge on any atom is -0.388 e. The highest BCUT2D eigenvalue weighted by molar-refractivity contribution is 4.95. The van der Waals surface area contributed by atoms with Crippen LogP contribution in [-0.4, -0.2) is 37.1 Å². The molecule has 1 heterocycles. The van der Waals surface area contributed by atoms with Crippen molar-refractivity contribution >= 4 is 0 Å². The van der Waals surface area contributed by atoms with E-state index in [1.165, 1.54) is 25.7 Å². The highest BCUT2D eigenvalue weighted by Gasteiger charge is 2.45. The van der Waals surface area contributed by atoms with Gasteiger partial charge in [0.25, 0.3) is 0 Å². The summed E-state index contributed by atoms with van der Waals surface area (Å²) in [7, 11) is 1.73. The van der Waals surface area contributed by atoms with Gasteiger partial charge >= 0.3 is 0 Å². The monoisotopic (exact) mass is 300 g/mol. The Balaban J connectivity index is 2.34. The minimum absolute atomic E-state index is 0.252. The molecule has 1 aliphatic heterocycles. The summed E-state index contributed by atoms with van der Waals surface area (Å²) < 4.78 is 11.2. The molecule has 1 rings (SSSR count). The van der Waals surface area contributed by atoms with Crippen LogP contribution in [0, 0.1) is 17.8 Å². The number of aliphatic hydroxyl groups excluding tert-OH is 1. The zero-order chi connectivity index (χ0) is 15.9. The van der Waals surface area contributed by atoms with Crippen LogP contribution in [0.1, 0.15) is 66.2 Å². The standard InChI is InChI=1S/C18H36O3/c1-14(2)8-6-9-15(3)10-7-11-18(20-5)16(4)12-21-13-17(18)19/h14-17,19H,6-13H2,1-5H3/t15-,16-,17-,18-/m0/s1. The van der Waals surface area contributed by atoms with Crippen LogP contribution >= 0.6 is 0 Å². The lowest BCUT2D eigenvalue weighted by Gasteiger charge is -2.45. The summed E-state index contributed by atoms with van der Waals surface area (Å²) in [6, 6.07) is 0. The van der Waals surface area contributed by atoms with Crippen LogP contribution in [0.25, 0.3) is 0 Å². The molecule has 1 fully saturated rings. The van der Waals surface area contributed by atoms with Crippen molar-refractivity contribution in [1.82, 2.24) is 0 Å². The molecule has 0 amide bonds. The van der Waals surface area contributed by atoms with Crippen molar-refractivity contribution in [2.24, 2.45) is 17.8 Å². The summed E-state index contributed by atoms with van der Waals surface area (Å²) in [6.45, 7) is 10.2. The van der Waals surface area contributed by atoms with Gasteiger partial charge in [0.15, 0.2) is 0 Å². The van der Waals surface area contributed by atoms with Gasteiger partial charge in [0.05, 0.1) is 13.2 Å². The molecule has 3 heteroatoms. The van der Waals surface area contributed by atoms with Crippen molar-refractivity contribution in [2.75, 3.05) is 20.3 Å². The van der Waals surface area contributed by atoms with Crippen molar-refractivity contribution < 1.29 is 14.6 Å². The van der Waals surface area contributed by atoms with Gasteiger partial charge in [-0.15, -0.1) is 0 Å². The Morgan fingerprint density at radius 2 is 1.81 bits per heavy atom. The molecule has 1 aliphatic rings. The van der Waals surface area contributed by atoms with Crippen LogP contribution in [0.4, 0.5) is 0 Å². The molecule has 0 bridgehead atoms. The average molecular weight is 300 g/mol. The maximum absolute atomic E-state index is 10.3. The SMILES string of the molecule is CO[C@@]1(CCC[C@@H](C)CCCC(C)C)[C@@H](C)COC[C@@H]1O. The fourth-order valence-corrected chi connectivity index (χ4v) is 3.57. The molecular formula is C18H36O3. The Bertz CT molecular complexity index is 268. The number of rotatable bonds is 9. The van der Waals surface area contributed by atoms with Gasteiger partial charge in [-0.25, -0.2) is 0 Å². The summed E-state index contributed by atoms with van der Waals surface area (Å²) in [4.78, 5) is 0. The van der Waals surface area contributed by atoms with Crippen molar-refractivity contribution in [3.63, 3.8) is 0 Å². The largest absolute Gasteiger partial charge is 0.388 e. The molecule has 126 valence electrons. The molecule has 0 unspecified atom stereocenters. The molecule has 0 spiro atoms. The van der Waals surface area contributed by atoms with Gasteiger partial charge < -0.3 is 14.6 Å². The van der Waals surface area contributed by atoms with Gasteiger partial charge in [-0.2, -0.15) is 0 Å². The van der Waals surface area contributed by atoms with Crippen molar-refractivity contribution in [1.29, 1.82) is 0 Å². The summed E-state index contributed by atoms with van der Waals surface area (Å²) in [6.07, 6.45) is 6.77. The smallest absolute Gasteiger partial charge is 0.107 e. The Morgan fingerprint density at radius 1 is 1.14 bits per heavy atom. The van der Waals surface area contributed by atoms with Crippen molar-refractivity contribution in [2.45, 2.75) is 77.9 Å². The maximum atomic E-state index is 10.3. The molecule has 0 aromatic rings. The molecule has 21 heavy (non-hydrogen) atoms. The zero-order valence-electron chi connectivity index (χ0n) is 14.7. The third kappa shape index (κ3) is 5.54. The Labute approximate surface area is 131 Å². The molecule has 3 nitrogen and oxygen atoms in total. The van der Waals surface area contributed by atoms with E-state index >= 15 is 0 Å². The normalized spacial score (nSPS) is 31.6. The second kappa shape index (κ2) is 9.12. The van der Waals surface area contributed by atoms with Crippen molar-refractivity contribution in [3.8, 4) is 0 Å². The molecule has 0 radical (unpaired) electrons. The van der Waals surface area contributed by atoms with Gasteiger partial charge in [0.1, 0.15) is 11.7 Å². The lowest BCUT2D eigenvalue weighted by atomic mass is 9.77. The minimum atomic E-state index is -0.498. The molecule has 0 aliphatic carbocycles. The Morgan fingerprint density at radius 3 is 2.38 bits per heavy atom. The van der Waals surface area contributed by atoms with E-state index in [1.807, 2.05) is 0 Å². The second-order valence-electron chi connectivity index (χ2n) is 7.44. The molecule has 1 N–H and O–H groups in total. The van der Waals surface area contributed by atoms with E-state index in [-0.39, 0.29) is 5.92 Å². The molecule has 4 atom stereocenters. The lowest BCUT2D eigenvalue weighted by molar-refractivity contribution is -0.202. The molecule has 1 saturated heterocycles. The molecule has 0 saturated carbocycles. The fraction of sp³-hybridized carbons (Fsp3) is 1.00. The van der Waals surface area contributed by atoms with Crippen LogP contribution in [-0.2, 0) is 9.47 Å². The summed E-state index contributed by atoms with van der Waals surface area (Å²) >= 11 is 0. The third-order valence-electron chi connectivity index (χ3n) is 5.16. The number of methoxy groups -OCH3 is 1. The zero-order valence-corrected chi connectivity index (χ0v) is 14.7. The highest BCUT2D eigenvalue weighted by Crippen LogP contribution is 2.35. The highest BCUT2D eigenvalue weighted by atomic mass is 16.5. The number of ether oxygens (including phenoxy) is 2. The van der Waals surface area contributed by atoms with E-state index in [0.29, 0.717) is 13.2 Å². The van der Waals surface area contributed by atoms with E-state index in [1.54, 1.807) is 7.11 Å². The molecular weight excluding hydrogens is 264 g/mol. The third-order valence-corrected chi connectivity index (χ3v) is 5.16. The topological polar surface area (TPSA) is 38.7 Å². The predicted molar refractivity (Wildman–Crippen MR) is 87.4 cm³/mol. The quantitative estimate of drug-likeness (QED) is 0.698. The molecule has 0 aromatic heterocycles. The van der Waals surface area contributed by atoms with Gasteiger partial charge in [-0.1, -0.05) is 59.8 Å². The second-order valence-corrected chi connectivity index (χ2v) is 7.44. The van der Waals surface area contributed by atoms with E-state index in [4.69, 9.17) is 9.47 Å². The first-order valence-electron chi connectivity index (χ1n) is 8.73. The van der Waals surface area contributed by atoms with Crippen LogP contribution in [0.5, 0.6) is 0 Å². The van der Waals surface area contributed by atoms with E-state index in [9.17, 15) is 5.11 Å². The number of aliphatic hydroxyl groups is 1. The predicted octanol–water partition coefficient (Wildman–Crippen LogP) is 4.03. The number of hydrogen-bond acceptors (Lipinski definition) is 3. The van der Waals surface area contributed by atoms with E-state index in [2.05, 4.69) is 27.7 Å². The average Bonchev–Trinajstić information content (AvgIpc) is 2.42. The fourth-order valence-electron chi connectivity index (χ4n) is 3.57. The van der Waals surface area contributed by atoms with Gasteiger partial charge in [0, 0.05) is 13.0 Å². The first-order chi connectivity index (χ1) is 9.92. The van der Waals surface area contributed by atoms with Gasteiger partial charge in [-0.05, 0) is 18.3 Å². The Hall–Kier alpha value is -0.120. The van der Waals surface area contributed by atoms with Crippen LogP contribution in [0.2, 0.25) is 0 Å². The summed E-state index contributed by atoms with van der Waals surface area (Å²) in [5.74, 6) is 1.83. The van der Waals surface area contributed by atoms with Crippen LogP contribution in [0.15, 0.2) is 0 Å². The van der Waals surface area contributed by atoms with Crippen LogP contribution < -0.4 is 0 Å². The molecule has 0 aromatic carbocycles. The first-order valence-corrected chi connectivity index (χ1v) is 8.73. The van der Waals surface area contributed by atoms with E-state index < -0.39 is 11.7 Å². The van der Waals surface area contributed by atoms with E-state index in [0.717, 1.165) is 24.7 Å². The Kier molecular flexibility index (Phi) is 8.22. The van der Waals surface area contributed by atoms with Gasteiger partial charge in [0.2, 0.25) is 0 Å². The first kappa shape index (κ1) is 18.9.